The van der Waals surface area contributed by atoms with Crippen LogP contribution in [0.4, 0.5) is 0 Å². The van der Waals surface area contributed by atoms with Crippen LogP contribution < -0.4 is 0 Å². The molecule has 1 aliphatic heterocycles. The van der Waals surface area contributed by atoms with E-state index in [-0.39, 0.29) is 11.9 Å². The van der Waals surface area contributed by atoms with E-state index in [1.807, 2.05) is 67.6 Å². The monoisotopic (exact) mass is 581 g/mol. The summed E-state index contributed by atoms with van der Waals surface area (Å²) in [5.74, 6) is -0.181. The molecule has 0 aliphatic carbocycles. The molecular formula is C26H18Br2ClN3O. The van der Waals surface area contributed by atoms with Crippen LogP contribution in [0.3, 0.4) is 0 Å². The molecule has 0 bridgehead atoms. The van der Waals surface area contributed by atoms with Gasteiger partial charge >= 0.3 is 0 Å². The highest BCUT2D eigenvalue weighted by atomic mass is 79.9. The number of aromatic nitrogens is 1. The lowest BCUT2D eigenvalue weighted by Gasteiger charge is -2.23. The SMILES string of the molecule is Cc1ccc2cc(C3CC(c4ccc(Br)cc4)=NN3C(=O)c3ccc(Br)cc3)c(Cl)nc2c1. The number of hydrazone groups is 1. The highest BCUT2D eigenvalue weighted by Crippen LogP contribution is 2.38. The van der Waals surface area contributed by atoms with Crippen molar-refractivity contribution in [3.05, 3.63) is 109 Å². The number of rotatable bonds is 3. The highest BCUT2D eigenvalue weighted by molar-refractivity contribution is 9.10. The topological polar surface area (TPSA) is 45.6 Å². The molecule has 0 radical (unpaired) electrons. The second-order valence-corrected chi connectivity index (χ2v) is 10.2. The van der Waals surface area contributed by atoms with Gasteiger partial charge in [-0.1, -0.05) is 67.7 Å². The Morgan fingerprint density at radius 1 is 0.970 bits per heavy atom. The Morgan fingerprint density at radius 2 is 1.64 bits per heavy atom. The maximum Gasteiger partial charge on any atom is 0.274 e. The first-order chi connectivity index (χ1) is 15.9. The molecule has 0 saturated carbocycles. The number of carbonyl (C=O) groups is 1. The summed E-state index contributed by atoms with van der Waals surface area (Å²) in [6.07, 6.45) is 0.544. The fourth-order valence-electron chi connectivity index (χ4n) is 3.99. The third-order valence-corrected chi connectivity index (χ3v) is 7.06. The van der Waals surface area contributed by atoms with E-state index in [4.69, 9.17) is 16.7 Å². The maximum absolute atomic E-state index is 13.5. The van der Waals surface area contributed by atoms with Crippen LogP contribution in [0.15, 0.2) is 86.8 Å². The van der Waals surface area contributed by atoms with E-state index in [1.165, 1.54) is 0 Å². The minimum Gasteiger partial charge on any atom is -0.267 e. The average molecular weight is 584 g/mol. The van der Waals surface area contributed by atoms with Crippen molar-refractivity contribution < 1.29 is 4.79 Å². The lowest BCUT2D eigenvalue weighted by molar-refractivity contribution is 0.0711. The van der Waals surface area contributed by atoms with Crippen molar-refractivity contribution in [3.63, 3.8) is 0 Å². The number of carbonyl (C=O) groups excluding carboxylic acids is 1. The lowest BCUT2D eigenvalue weighted by Crippen LogP contribution is -2.27. The Hall–Kier alpha value is -2.54. The molecule has 0 spiro atoms. The van der Waals surface area contributed by atoms with Gasteiger partial charge in [0, 0.05) is 31.9 Å². The van der Waals surface area contributed by atoms with Crippen molar-refractivity contribution in [1.82, 2.24) is 9.99 Å². The molecular weight excluding hydrogens is 566 g/mol. The molecule has 0 fully saturated rings. The lowest BCUT2D eigenvalue weighted by atomic mass is 9.98. The average Bonchev–Trinajstić information content (AvgIpc) is 3.24. The Kier molecular flexibility index (Phi) is 6.08. The summed E-state index contributed by atoms with van der Waals surface area (Å²) in [7, 11) is 0. The van der Waals surface area contributed by atoms with Gasteiger partial charge in [0.2, 0.25) is 0 Å². The molecule has 1 amide bonds. The molecule has 4 aromatic rings. The minimum absolute atomic E-state index is 0.181. The van der Waals surface area contributed by atoms with Crippen LogP contribution in [0.5, 0.6) is 0 Å². The van der Waals surface area contributed by atoms with Crippen LogP contribution in [0, 0.1) is 6.92 Å². The normalized spacial score (nSPS) is 15.7. The van der Waals surface area contributed by atoms with Crippen LogP contribution in [0.25, 0.3) is 10.9 Å². The fourth-order valence-corrected chi connectivity index (χ4v) is 4.79. The zero-order chi connectivity index (χ0) is 23.1. The first kappa shape index (κ1) is 22.3. The summed E-state index contributed by atoms with van der Waals surface area (Å²) < 4.78 is 1.90. The summed E-state index contributed by atoms with van der Waals surface area (Å²) in [5, 5.41) is 7.68. The smallest absolute Gasteiger partial charge is 0.267 e. The van der Waals surface area contributed by atoms with Crippen molar-refractivity contribution in [2.75, 3.05) is 0 Å². The van der Waals surface area contributed by atoms with Crippen molar-refractivity contribution in [2.45, 2.75) is 19.4 Å². The van der Waals surface area contributed by atoms with Gasteiger partial charge in [0.15, 0.2) is 0 Å². The third kappa shape index (κ3) is 4.47. The maximum atomic E-state index is 13.5. The van der Waals surface area contributed by atoms with Gasteiger partial charge in [0.25, 0.3) is 5.91 Å². The van der Waals surface area contributed by atoms with E-state index in [1.54, 1.807) is 17.1 Å². The summed E-state index contributed by atoms with van der Waals surface area (Å²) in [5.41, 5.74) is 5.10. The zero-order valence-electron chi connectivity index (χ0n) is 17.6. The number of aryl methyl sites for hydroxylation is 1. The summed E-state index contributed by atoms with van der Waals surface area (Å²) >= 11 is 13.6. The molecule has 0 saturated heterocycles. The van der Waals surface area contributed by atoms with Crippen molar-refractivity contribution in [1.29, 1.82) is 0 Å². The van der Waals surface area contributed by atoms with Gasteiger partial charge in [0.05, 0.1) is 17.3 Å². The predicted octanol–water partition coefficient (Wildman–Crippen LogP) is 7.71. The third-order valence-electron chi connectivity index (χ3n) is 5.70. The fraction of sp³-hybridized carbons (Fsp3) is 0.115. The number of hydrogen-bond donors (Lipinski definition) is 0. The molecule has 0 N–H and O–H groups in total. The molecule has 33 heavy (non-hydrogen) atoms. The van der Waals surface area contributed by atoms with Gasteiger partial charge in [-0.05, 0) is 66.6 Å². The van der Waals surface area contributed by atoms with E-state index < -0.39 is 0 Å². The Morgan fingerprint density at radius 3 is 2.33 bits per heavy atom. The molecule has 7 heteroatoms. The summed E-state index contributed by atoms with van der Waals surface area (Å²) in [4.78, 5) is 18.2. The van der Waals surface area contributed by atoms with Crippen LogP contribution in [-0.4, -0.2) is 21.6 Å². The van der Waals surface area contributed by atoms with Crippen molar-refractivity contribution in [3.8, 4) is 0 Å². The molecule has 2 heterocycles. The van der Waals surface area contributed by atoms with Gasteiger partial charge in [0.1, 0.15) is 5.15 Å². The van der Waals surface area contributed by atoms with Gasteiger partial charge in [-0.15, -0.1) is 0 Å². The molecule has 3 aromatic carbocycles. The molecule has 164 valence electrons. The number of hydrogen-bond acceptors (Lipinski definition) is 3. The standard InChI is InChI=1S/C26H18Br2ClN3O/c1-15-2-3-18-13-21(25(29)30-22(18)12-15)24-14-23(16-4-8-19(27)9-5-16)31-32(24)26(33)17-6-10-20(28)11-7-17/h2-13,24H,14H2,1H3. The molecule has 1 unspecified atom stereocenters. The Bertz CT molecular complexity index is 1400. The molecule has 1 aromatic heterocycles. The largest absolute Gasteiger partial charge is 0.274 e. The highest BCUT2D eigenvalue weighted by Gasteiger charge is 2.35. The number of amides is 1. The Labute approximate surface area is 213 Å². The zero-order valence-corrected chi connectivity index (χ0v) is 21.5. The molecule has 4 nitrogen and oxygen atoms in total. The van der Waals surface area contributed by atoms with Gasteiger partial charge in [-0.3, -0.25) is 4.79 Å². The van der Waals surface area contributed by atoms with Crippen LogP contribution in [-0.2, 0) is 0 Å². The summed E-state index contributed by atoms with van der Waals surface area (Å²) in [6.45, 7) is 2.02. The number of nitrogens with zero attached hydrogens (tertiary/aromatic N) is 3. The molecule has 1 atom stereocenters. The van der Waals surface area contributed by atoms with E-state index in [9.17, 15) is 4.79 Å². The molecule has 1 aliphatic rings. The van der Waals surface area contributed by atoms with Gasteiger partial charge in [-0.2, -0.15) is 5.10 Å². The number of halogens is 3. The predicted molar refractivity (Wildman–Crippen MR) is 140 cm³/mol. The molecule has 5 rings (SSSR count). The summed E-state index contributed by atoms with van der Waals surface area (Å²) in [6, 6.07) is 23.0. The van der Waals surface area contributed by atoms with Crippen LogP contribution in [0.2, 0.25) is 5.15 Å². The van der Waals surface area contributed by atoms with Gasteiger partial charge < -0.3 is 0 Å². The van der Waals surface area contributed by atoms with Crippen molar-refractivity contribution >= 4 is 66.0 Å². The van der Waals surface area contributed by atoms with E-state index in [0.717, 1.165) is 42.3 Å². The number of pyridine rings is 1. The van der Waals surface area contributed by atoms with E-state index in [2.05, 4.69) is 36.8 Å². The second-order valence-electron chi connectivity index (χ2n) is 7.99. The van der Waals surface area contributed by atoms with Crippen LogP contribution >= 0.6 is 43.5 Å². The first-order valence-electron chi connectivity index (χ1n) is 10.4. The second kappa shape index (κ2) is 9.01. The number of fused-ring (bicyclic) bond motifs is 1. The number of benzene rings is 3. The first-order valence-corrected chi connectivity index (χ1v) is 12.3. The Balaban J connectivity index is 1.60. The van der Waals surface area contributed by atoms with Crippen LogP contribution in [0.1, 0.15) is 39.5 Å². The van der Waals surface area contributed by atoms with E-state index >= 15 is 0 Å². The van der Waals surface area contributed by atoms with E-state index in [0.29, 0.717) is 17.1 Å². The quantitative estimate of drug-likeness (QED) is 0.232. The van der Waals surface area contributed by atoms with Crippen molar-refractivity contribution in [2.24, 2.45) is 5.10 Å². The van der Waals surface area contributed by atoms with Gasteiger partial charge in [-0.25, -0.2) is 9.99 Å². The minimum atomic E-state index is -0.356.